The fourth-order valence-corrected chi connectivity index (χ4v) is 2.22. The number of nitrogen functional groups attached to an aromatic ring is 1. The second-order valence-corrected chi connectivity index (χ2v) is 4.71. The van der Waals surface area contributed by atoms with Gasteiger partial charge < -0.3 is 25.7 Å². The van der Waals surface area contributed by atoms with Crippen molar-refractivity contribution in [2.24, 2.45) is 5.73 Å². The number of ether oxygens (including phenoxy) is 3. The molecule has 2 heterocycles. The summed E-state index contributed by atoms with van der Waals surface area (Å²) in [5.41, 5.74) is 13.5. The Labute approximate surface area is 122 Å². The van der Waals surface area contributed by atoms with Crippen molar-refractivity contribution in [3.05, 3.63) is 30.3 Å². The minimum Gasteiger partial charge on any atom is -0.486 e. The molecular weight excluding hydrogens is 270 g/mol. The van der Waals surface area contributed by atoms with E-state index in [-0.39, 0.29) is 6.10 Å². The Balaban J connectivity index is 2.07. The number of aromatic nitrogens is 1. The van der Waals surface area contributed by atoms with E-state index in [9.17, 15) is 0 Å². The SMILES string of the molecule is COc1nc(-c2cccc3c2O[C@H](CN)CO3)ccc1N. The van der Waals surface area contributed by atoms with E-state index >= 15 is 0 Å². The number of nitrogens with two attached hydrogens (primary N) is 2. The van der Waals surface area contributed by atoms with Crippen LogP contribution in [-0.2, 0) is 0 Å². The Kier molecular flexibility index (Phi) is 3.53. The molecule has 0 spiro atoms. The van der Waals surface area contributed by atoms with Gasteiger partial charge >= 0.3 is 0 Å². The molecule has 6 nitrogen and oxygen atoms in total. The predicted octanol–water partition coefficient (Wildman–Crippen LogP) is 1.44. The fourth-order valence-electron chi connectivity index (χ4n) is 2.22. The average Bonchev–Trinajstić information content (AvgIpc) is 2.54. The van der Waals surface area contributed by atoms with Gasteiger partial charge in [0.15, 0.2) is 11.5 Å². The van der Waals surface area contributed by atoms with Crippen molar-refractivity contribution in [3.8, 4) is 28.6 Å². The van der Waals surface area contributed by atoms with Crippen LogP contribution in [0.4, 0.5) is 5.69 Å². The molecule has 1 aromatic heterocycles. The smallest absolute Gasteiger partial charge is 0.237 e. The first kappa shape index (κ1) is 13.5. The summed E-state index contributed by atoms with van der Waals surface area (Å²) in [5.74, 6) is 1.73. The molecule has 0 fully saturated rings. The Morgan fingerprint density at radius 3 is 2.95 bits per heavy atom. The Morgan fingerprint density at radius 2 is 2.19 bits per heavy atom. The zero-order valence-electron chi connectivity index (χ0n) is 11.7. The lowest BCUT2D eigenvalue weighted by atomic mass is 10.1. The number of anilines is 1. The van der Waals surface area contributed by atoms with Crippen molar-refractivity contribution < 1.29 is 14.2 Å². The number of para-hydroxylation sites is 1. The van der Waals surface area contributed by atoms with Crippen LogP contribution in [0, 0.1) is 0 Å². The van der Waals surface area contributed by atoms with Crippen molar-refractivity contribution in [3.63, 3.8) is 0 Å². The molecule has 3 rings (SSSR count). The highest BCUT2D eigenvalue weighted by atomic mass is 16.6. The third kappa shape index (κ3) is 2.45. The van der Waals surface area contributed by atoms with Gasteiger partial charge in [-0.2, -0.15) is 0 Å². The molecule has 110 valence electrons. The first-order valence-electron chi connectivity index (χ1n) is 6.66. The molecule has 0 amide bonds. The first-order valence-corrected chi connectivity index (χ1v) is 6.66. The minimum absolute atomic E-state index is 0.158. The van der Waals surface area contributed by atoms with E-state index in [1.807, 2.05) is 24.3 Å². The Hall–Kier alpha value is -2.47. The third-order valence-corrected chi connectivity index (χ3v) is 3.31. The molecule has 21 heavy (non-hydrogen) atoms. The van der Waals surface area contributed by atoms with Gasteiger partial charge in [0.1, 0.15) is 12.7 Å². The summed E-state index contributed by atoms with van der Waals surface area (Å²) in [7, 11) is 1.53. The van der Waals surface area contributed by atoms with Crippen molar-refractivity contribution in [1.29, 1.82) is 0 Å². The molecule has 2 aromatic rings. The molecule has 6 heteroatoms. The number of methoxy groups -OCH3 is 1. The van der Waals surface area contributed by atoms with Gasteiger partial charge in [0.05, 0.1) is 18.5 Å². The van der Waals surface area contributed by atoms with E-state index in [0.29, 0.717) is 41.9 Å². The number of pyridine rings is 1. The molecule has 0 aliphatic carbocycles. The summed E-state index contributed by atoms with van der Waals surface area (Å²) in [6.45, 7) is 0.845. The molecule has 0 unspecified atom stereocenters. The van der Waals surface area contributed by atoms with Crippen LogP contribution < -0.4 is 25.7 Å². The molecule has 0 saturated heterocycles. The summed E-state index contributed by atoms with van der Waals surface area (Å²) in [6, 6.07) is 9.25. The number of hydrogen-bond acceptors (Lipinski definition) is 6. The fraction of sp³-hybridized carbons (Fsp3) is 0.267. The van der Waals surface area contributed by atoms with Gasteiger partial charge in [0, 0.05) is 12.1 Å². The molecule has 1 aliphatic rings. The number of benzene rings is 1. The van der Waals surface area contributed by atoms with Crippen LogP contribution in [-0.4, -0.2) is 31.3 Å². The highest BCUT2D eigenvalue weighted by Gasteiger charge is 2.23. The van der Waals surface area contributed by atoms with Gasteiger partial charge in [-0.3, -0.25) is 0 Å². The monoisotopic (exact) mass is 287 g/mol. The maximum Gasteiger partial charge on any atom is 0.237 e. The number of nitrogens with zero attached hydrogens (tertiary/aromatic N) is 1. The molecule has 1 atom stereocenters. The zero-order valence-corrected chi connectivity index (χ0v) is 11.7. The van der Waals surface area contributed by atoms with E-state index in [1.165, 1.54) is 7.11 Å². The van der Waals surface area contributed by atoms with Crippen LogP contribution in [0.2, 0.25) is 0 Å². The molecule has 0 radical (unpaired) electrons. The van der Waals surface area contributed by atoms with E-state index in [4.69, 9.17) is 25.7 Å². The third-order valence-electron chi connectivity index (χ3n) is 3.31. The summed E-state index contributed by atoms with van der Waals surface area (Å²) < 4.78 is 16.8. The summed E-state index contributed by atoms with van der Waals surface area (Å²) >= 11 is 0. The predicted molar refractivity (Wildman–Crippen MR) is 79.6 cm³/mol. The first-order chi connectivity index (χ1) is 10.2. The van der Waals surface area contributed by atoms with E-state index in [1.54, 1.807) is 6.07 Å². The number of hydrogen-bond donors (Lipinski definition) is 2. The second-order valence-electron chi connectivity index (χ2n) is 4.71. The van der Waals surface area contributed by atoms with Gasteiger partial charge in [-0.1, -0.05) is 6.07 Å². The summed E-state index contributed by atoms with van der Waals surface area (Å²) in [5, 5.41) is 0. The number of fused-ring (bicyclic) bond motifs is 1. The normalized spacial score (nSPS) is 16.6. The lowest BCUT2D eigenvalue weighted by Gasteiger charge is -2.27. The van der Waals surface area contributed by atoms with Crippen LogP contribution in [0.25, 0.3) is 11.3 Å². The highest BCUT2D eigenvalue weighted by molar-refractivity contribution is 5.73. The summed E-state index contributed by atoms with van der Waals surface area (Å²) in [4.78, 5) is 4.41. The van der Waals surface area contributed by atoms with Crippen LogP contribution in [0.15, 0.2) is 30.3 Å². The van der Waals surface area contributed by atoms with Crippen molar-refractivity contribution >= 4 is 5.69 Å². The van der Waals surface area contributed by atoms with Crippen LogP contribution in [0.3, 0.4) is 0 Å². The second kappa shape index (κ2) is 5.49. The lowest BCUT2D eigenvalue weighted by molar-refractivity contribution is 0.0976. The minimum atomic E-state index is -0.158. The van der Waals surface area contributed by atoms with Crippen molar-refractivity contribution in [1.82, 2.24) is 4.98 Å². The largest absolute Gasteiger partial charge is 0.486 e. The lowest BCUT2D eigenvalue weighted by Crippen LogP contribution is -2.35. The number of rotatable bonds is 3. The maximum atomic E-state index is 5.91. The Morgan fingerprint density at radius 1 is 1.33 bits per heavy atom. The van der Waals surface area contributed by atoms with Crippen LogP contribution in [0.5, 0.6) is 17.4 Å². The van der Waals surface area contributed by atoms with Crippen LogP contribution >= 0.6 is 0 Å². The highest BCUT2D eigenvalue weighted by Crippen LogP contribution is 2.41. The van der Waals surface area contributed by atoms with Gasteiger partial charge in [-0.15, -0.1) is 0 Å². The molecule has 1 aromatic carbocycles. The van der Waals surface area contributed by atoms with Gasteiger partial charge in [0.25, 0.3) is 0 Å². The van der Waals surface area contributed by atoms with Gasteiger partial charge in [-0.25, -0.2) is 4.98 Å². The molecular formula is C15H17N3O3. The van der Waals surface area contributed by atoms with Crippen molar-refractivity contribution in [2.45, 2.75) is 6.10 Å². The topological polar surface area (TPSA) is 92.6 Å². The van der Waals surface area contributed by atoms with Crippen LogP contribution in [0.1, 0.15) is 0 Å². The average molecular weight is 287 g/mol. The molecule has 1 aliphatic heterocycles. The molecule has 0 bridgehead atoms. The molecule has 0 saturated carbocycles. The van der Waals surface area contributed by atoms with E-state index in [0.717, 1.165) is 5.56 Å². The quantitative estimate of drug-likeness (QED) is 0.887. The summed E-state index contributed by atoms with van der Waals surface area (Å²) in [6.07, 6.45) is -0.158. The maximum absolute atomic E-state index is 5.91. The van der Waals surface area contributed by atoms with Gasteiger partial charge in [-0.05, 0) is 24.3 Å². The molecule has 4 N–H and O–H groups in total. The van der Waals surface area contributed by atoms with Gasteiger partial charge in [0.2, 0.25) is 5.88 Å². The van der Waals surface area contributed by atoms with E-state index in [2.05, 4.69) is 4.98 Å². The van der Waals surface area contributed by atoms with Crippen molar-refractivity contribution in [2.75, 3.05) is 26.0 Å². The Bertz CT molecular complexity index is 661. The van der Waals surface area contributed by atoms with E-state index < -0.39 is 0 Å². The zero-order chi connectivity index (χ0) is 14.8. The standard InChI is InChI=1S/C15H17N3O3/c1-19-15-11(17)5-6-12(18-15)10-3-2-4-13-14(10)21-9(7-16)8-20-13/h2-6,9H,7-8,16-17H2,1H3/t9-/m1/s1.